The van der Waals surface area contributed by atoms with Crippen molar-refractivity contribution in [3.05, 3.63) is 35.5 Å². The molecule has 2 atom stereocenters. The molecule has 1 aromatic heterocycles. The van der Waals surface area contributed by atoms with Crippen molar-refractivity contribution in [3.8, 4) is 11.8 Å². The number of benzene rings is 1. The van der Waals surface area contributed by atoms with Crippen LogP contribution in [0.5, 0.6) is 0 Å². The van der Waals surface area contributed by atoms with Crippen molar-refractivity contribution in [1.82, 2.24) is 19.7 Å². The highest BCUT2D eigenvalue weighted by Crippen LogP contribution is 2.36. The molecule has 4 rings (SSSR count). The van der Waals surface area contributed by atoms with Gasteiger partial charge >= 0.3 is 0 Å². The first-order valence-electron chi connectivity index (χ1n) is 12.3. The average molecular weight is 451 g/mol. The molecule has 0 unspecified atom stereocenters. The molecule has 1 N–H and O–H groups in total. The van der Waals surface area contributed by atoms with Crippen molar-refractivity contribution >= 4 is 16.8 Å². The van der Waals surface area contributed by atoms with E-state index in [0.717, 1.165) is 52.2 Å². The van der Waals surface area contributed by atoms with E-state index in [0.29, 0.717) is 12.5 Å². The van der Waals surface area contributed by atoms with Gasteiger partial charge in [-0.1, -0.05) is 31.9 Å². The molecule has 0 radical (unpaired) electrons. The molecular weight excluding hydrogens is 412 g/mol. The Morgan fingerprint density at radius 3 is 2.73 bits per heavy atom. The second-order valence-electron chi connectivity index (χ2n) is 9.72. The van der Waals surface area contributed by atoms with Crippen LogP contribution in [0.4, 0.5) is 0 Å². The highest BCUT2D eigenvalue weighted by Gasteiger charge is 2.34. The van der Waals surface area contributed by atoms with E-state index in [-0.39, 0.29) is 18.0 Å². The summed E-state index contributed by atoms with van der Waals surface area (Å²) in [6.45, 7) is 12.1. The van der Waals surface area contributed by atoms with Gasteiger partial charge in [-0.2, -0.15) is 0 Å². The number of hydrogen-bond acceptors (Lipinski definition) is 4. The molecule has 2 aliphatic rings. The minimum Gasteiger partial charge on any atom is -0.383 e. The fraction of sp³-hybridized carbons (Fsp3) is 0.593. The molecule has 2 aromatic rings. The van der Waals surface area contributed by atoms with Crippen LogP contribution in [-0.2, 0) is 22.5 Å². The van der Waals surface area contributed by atoms with Gasteiger partial charge in [0.15, 0.2) is 0 Å². The van der Waals surface area contributed by atoms with E-state index in [1.165, 1.54) is 22.0 Å². The molecule has 0 aliphatic carbocycles. The van der Waals surface area contributed by atoms with Crippen LogP contribution in [0.1, 0.15) is 44.4 Å². The number of carbonyl (C=O) groups is 1. The quantitative estimate of drug-likeness (QED) is 0.659. The van der Waals surface area contributed by atoms with Gasteiger partial charge in [0.2, 0.25) is 5.91 Å². The number of aromatic nitrogens is 1. The Kier molecular flexibility index (Phi) is 7.75. The SMILES string of the molecule is CC#CCn1cc2c3c(cccc31)[C@H](CC(C)C)N[C@H](C(=O)N1CCN(CCOC)CC1)C2. The fourth-order valence-electron chi connectivity index (χ4n) is 5.28. The third kappa shape index (κ3) is 5.27. The molecule has 1 amide bonds. The molecule has 6 nitrogen and oxygen atoms in total. The number of carbonyl (C=O) groups excluding carboxylic acids is 1. The van der Waals surface area contributed by atoms with Crippen LogP contribution in [0.2, 0.25) is 0 Å². The van der Waals surface area contributed by atoms with E-state index in [2.05, 4.69) is 69.8 Å². The third-order valence-electron chi connectivity index (χ3n) is 6.95. The van der Waals surface area contributed by atoms with Crippen molar-refractivity contribution in [3.63, 3.8) is 0 Å². The minimum absolute atomic E-state index is 0.167. The van der Waals surface area contributed by atoms with E-state index >= 15 is 0 Å². The molecule has 33 heavy (non-hydrogen) atoms. The maximum Gasteiger partial charge on any atom is 0.240 e. The van der Waals surface area contributed by atoms with E-state index in [9.17, 15) is 4.79 Å². The molecule has 1 saturated heterocycles. The van der Waals surface area contributed by atoms with Crippen LogP contribution in [0.3, 0.4) is 0 Å². The van der Waals surface area contributed by atoms with Crippen LogP contribution < -0.4 is 5.32 Å². The number of nitrogens with one attached hydrogen (secondary N) is 1. The Morgan fingerprint density at radius 2 is 2.03 bits per heavy atom. The van der Waals surface area contributed by atoms with Gasteiger partial charge < -0.3 is 14.2 Å². The summed E-state index contributed by atoms with van der Waals surface area (Å²) < 4.78 is 7.46. The summed E-state index contributed by atoms with van der Waals surface area (Å²) in [7, 11) is 1.74. The molecular formula is C27H38N4O2. The van der Waals surface area contributed by atoms with Gasteiger partial charge in [-0.3, -0.25) is 15.0 Å². The lowest BCUT2D eigenvalue weighted by Gasteiger charge is -2.37. The second-order valence-corrected chi connectivity index (χ2v) is 9.72. The van der Waals surface area contributed by atoms with Crippen LogP contribution in [-0.4, -0.2) is 72.8 Å². The summed E-state index contributed by atoms with van der Waals surface area (Å²) in [4.78, 5) is 18.1. The average Bonchev–Trinajstić information content (AvgIpc) is 3.09. The van der Waals surface area contributed by atoms with Gasteiger partial charge in [0.05, 0.1) is 19.2 Å². The number of methoxy groups -OCH3 is 1. The highest BCUT2D eigenvalue weighted by atomic mass is 16.5. The molecule has 0 bridgehead atoms. The lowest BCUT2D eigenvalue weighted by Crippen LogP contribution is -2.55. The zero-order valence-electron chi connectivity index (χ0n) is 20.6. The number of rotatable bonds is 7. The second kappa shape index (κ2) is 10.7. The Bertz CT molecular complexity index is 1020. The van der Waals surface area contributed by atoms with Crippen LogP contribution in [0.25, 0.3) is 10.9 Å². The fourth-order valence-corrected chi connectivity index (χ4v) is 5.28. The van der Waals surface area contributed by atoms with Gasteiger partial charge in [0.1, 0.15) is 0 Å². The molecule has 3 heterocycles. The summed E-state index contributed by atoms with van der Waals surface area (Å²) in [5, 5.41) is 5.10. The van der Waals surface area contributed by atoms with Crippen molar-refractivity contribution in [2.24, 2.45) is 5.92 Å². The zero-order valence-corrected chi connectivity index (χ0v) is 20.6. The molecule has 6 heteroatoms. The number of piperazine rings is 1. The lowest BCUT2D eigenvalue weighted by molar-refractivity contribution is -0.135. The van der Waals surface area contributed by atoms with Gasteiger partial charge in [-0.25, -0.2) is 0 Å². The van der Waals surface area contributed by atoms with Crippen molar-refractivity contribution < 1.29 is 9.53 Å². The molecule has 178 valence electrons. The van der Waals surface area contributed by atoms with Crippen molar-refractivity contribution in [2.75, 3.05) is 46.4 Å². The van der Waals surface area contributed by atoms with E-state index in [1.54, 1.807) is 7.11 Å². The maximum absolute atomic E-state index is 13.7. The Labute approximate surface area is 198 Å². The number of ether oxygens (including phenoxy) is 1. The Balaban J connectivity index is 1.60. The van der Waals surface area contributed by atoms with Crippen molar-refractivity contribution in [1.29, 1.82) is 0 Å². The number of nitrogens with zero attached hydrogens (tertiary/aromatic N) is 3. The van der Waals surface area contributed by atoms with Gasteiger partial charge in [-0.05, 0) is 42.9 Å². The molecule has 1 fully saturated rings. The lowest BCUT2D eigenvalue weighted by atomic mass is 9.94. The first kappa shape index (κ1) is 23.8. The summed E-state index contributed by atoms with van der Waals surface area (Å²) in [6.07, 6.45) is 3.95. The van der Waals surface area contributed by atoms with E-state index < -0.39 is 0 Å². The van der Waals surface area contributed by atoms with Gasteiger partial charge in [0, 0.05) is 63.0 Å². The standard InChI is InChI=1S/C27H38N4O2/c1-5-6-10-31-19-21-18-24(27(32)30-13-11-29(12-14-30)15-16-33-4)28-23(17-20(2)3)22-8-7-9-25(31)26(21)22/h7-9,19-20,23-24,28H,10-18H2,1-4H3/t23-,24-/m0/s1. The predicted molar refractivity (Wildman–Crippen MR) is 133 cm³/mol. The van der Waals surface area contributed by atoms with E-state index in [4.69, 9.17) is 4.74 Å². The largest absolute Gasteiger partial charge is 0.383 e. The zero-order chi connectivity index (χ0) is 23.4. The first-order chi connectivity index (χ1) is 16.0. The van der Waals surface area contributed by atoms with Crippen LogP contribution in [0, 0.1) is 17.8 Å². The topological polar surface area (TPSA) is 49.7 Å². The maximum atomic E-state index is 13.7. The van der Waals surface area contributed by atoms with E-state index in [1.807, 2.05) is 6.92 Å². The summed E-state index contributed by atoms with van der Waals surface area (Å²) >= 11 is 0. The third-order valence-corrected chi connectivity index (χ3v) is 6.95. The van der Waals surface area contributed by atoms with Crippen LogP contribution >= 0.6 is 0 Å². The summed E-state index contributed by atoms with van der Waals surface area (Å²) in [5.41, 5.74) is 3.80. The highest BCUT2D eigenvalue weighted by molar-refractivity contribution is 5.90. The molecule has 0 saturated carbocycles. The number of hydrogen-bond donors (Lipinski definition) is 1. The number of amides is 1. The minimum atomic E-state index is -0.206. The monoisotopic (exact) mass is 450 g/mol. The molecule has 1 aromatic carbocycles. The van der Waals surface area contributed by atoms with Gasteiger partial charge in [-0.15, -0.1) is 5.92 Å². The van der Waals surface area contributed by atoms with Gasteiger partial charge in [0.25, 0.3) is 0 Å². The summed E-state index contributed by atoms with van der Waals surface area (Å²) in [5.74, 6) is 6.99. The smallest absolute Gasteiger partial charge is 0.240 e. The normalized spacial score (nSPS) is 21.2. The van der Waals surface area contributed by atoms with Crippen molar-refractivity contribution in [2.45, 2.75) is 52.2 Å². The predicted octanol–water partition coefficient (Wildman–Crippen LogP) is 3.06. The Morgan fingerprint density at radius 1 is 1.24 bits per heavy atom. The Hall–Kier alpha value is -2.33. The molecule has 2 aliphatic heterocycles. The first-order valence-corrected chi connectivity index (χ1v) is 12.3. The summed E-state index contributed by atoms with van der Waals surface area (Å²) in [6, 6.07) is 6.53. The van der Waals surface area contributed by atoms with Crippen LogP contribution in [0.15, 0.2) is 24.4 Å². The molecule has 0 spiro atoms.